The molecule has 0 aliphatic carbocycles. The molecule has 7 heteroatoms. The minimum Gasteiger partial charge on any atom is -0.429 e. The fraction of sp³-hybridized carbons (Fsp3) is 0.162. The molecule has 0 bridgehead atoms. The highest BCUT2D eigenvalue weighted by atomic mass is 19.3. The third kappa shape index (κ3) is 6.81. The van der Waals surface area contributed by atoms with Crippen LogP contribution in [0.3, 0.4) is 0 Å². The summed E-state index contributed by atoms with van der Waals surface area (Å²) in [6.07, 6.45) is 0.323. The first-order chi connectivity index (χ1) is 21.2. The number of ether oxygens (including phenoxy) is 1. The number of halogens is 5. The number of nitrogens with zero attached hydrogens (tertiary/aromatic N) is 1. The van der Waals surface area contributed by atoms with Crippen molar-refractivity contribution in [3.8, 4) is 45.2 Å². The molecule has 5 aromatic carbocycles. The van der Waals surface area contributed by atoms with Crippen LogP contribution in [-0.2, 0) is 12.5 Å². The number of unbranched alkanes of at least 4 members (excludes halogenated alkanes) is 2. The standard InChI is InChI=1S/C37H28F5NO/c1-2-3-4-5-24-6-15-30(16-7-24)37(41,42)44-31-17-19-32(36(40)22-31)26-10-8-25(9-11-26)27-14-18-33(35(39)20-27)28-12-13-29(23-43)34(38)21-28/h6-22H,2-5H2,1H3. The zero-order valence-corrected chi connectivity index (χ0v) is 23.9. The van der Waals surface area contributed by atoms with Crippen molar-refractivity contribution in [3.63, 3.8) is 0 Å². The average Bonchev–Trinajstić information content (AvgIpc) is 3.01. The first-order valence-electron chi connectivity index (χ1n) is 14.2. The number of benzene rings is 5. The van der Waals surface area contributed by atoms with Crippen molar-refractivity contribution in [3.05, 3.63) is 137 Å². The maximum absolute atomic E-state index is 15.1. The summed E-state index contributed by atoms with van der Waals surface area (Å²) < 4.78 is 78.6. The van der Waals surface area contributed by atoms with Crippen LogP contribution in [0.15, 0.2) is 103 Å². The number of hydrogen-bond donors (Lipinski definition) is 0. The lowest BCUT2D eigenvalue weighted by Crippen LogP contribution is -2.22. The lowest BCUT2D eigenvalue weighted by molar-refractivity contribution is -0.185. The predicted octanol–water partition coefficient (Wildman–Crippen LogP) is 10.8. The van der Waals surface area contributed by atoms with Crippen molar-refractivity contribution >= 4 is 0 Å². The van der Waals surface area contributed by atoms with Gasteiger partial charge >= 0.3 is 6.11 Å². The Morgan fingerprint density at radius 2 is 1.23 bits per heavy atom. The Morgan fingerprint density at radius 1 is 0.636 bits per heavy atom. The Labute approximate surface area is 253 Å². The van der Waals surface area contributed by atoms with Crippen LogP contribution in [0.4, 0.5) is 22.0 Å². The Balaban J connectivity index is 1.28. The van der Waals surface area contributed by atoms with Gasteiger partial charge in [0.25, 0.3) is 0 Å². The molecule has 0 unspecified atom stereocenters. The SMILES string of the molecule is CCCCCc1ccc(C(F)(F)Oc2ccc(-c3ccc(-c4ccc(-c5ccc(C#N)c(F)c5)c(F)c4)cc3)c(F)c2)cc1. The summed E-state index contributed by atoms with van der Waals surface area (Å²) in [7, 11) is 0. The fourth-order valence-electron chi connectivity index (χ4n) is 4.99. The molecule has 0 heterocycles. The second-order valence-electron chi connectivity index (χ2n) is 10.5. The topological polar surface area (TPSA) is 33.0 Å². The van der Waals surface area contributed by atoms with Crippen LogP contribution in [0.5, 0.6) is 5.75 Å². The van der Waals surface area contributed by atoms with E-state index < -0.39 is 23.6 Å². The van der Waals surface area contributed by atoms with E-state index in [0.717, 1.165) is 43.4 Å². The maximum Gasteiger partial charge on any atom is 0.426 e. The van der Waals surface area contributed by atoms with Gasteiger partial charge in [-0.25, -0.2) is 13.2 Å². The molecule has 0 saturated heterocycles. The molecule has 44 heavy (non-hydrogen) atoms. The lowest BCUT2D eigenvalue weighted by atomic mass is 9.97. The van der Waals surface area contributed by atoms with E-state index >= 15 is 4.39 Å². The molecule has 0 saturated carbocycles. The van der Waals surface area contributed by atoms with Gasteiger partial charge in [-0.15, -0.1) is 0 Å². The summed E-state index contributed by atoms with van der Waals surface area (Å²) in [6, 6.07) is 26.4. The highest BCUT2D eigenvalue weighted by Crippen LogP contribution is 2.35. The number of hydrogen-bond acceptors (Lipinski definition) is 2. The van der Waals surface area contributed by atoms with E-state index in [4.69, 9.17) is 10.00 Å². The van der Waals surface area contributed by atoms with Gasteiger partial charge in [0, 0.05) is 17.2 Å². The van der Waals surface area contributed by atoms with Gasteiger partial charge in [0.05, 0.1) is 11.1 Å². The summed E-state index contributed by atoms with van der Waals surface area (Å²) in [5.41, 5.74) is 2.91. The molecule has 0 N–H and O–H groups in total. The van der Waals surface area contributed by atoms with Crippen LogP contribution in [0.2, 0.25) is 0 Å². The van der Waals surface area contributed by atoms with Gasteiger partial charge in [0.1, 0.15) is 29.3 Å². The Hall–Kier alpha value is -4.96. The lowest BCUT2D eigenvalue weighted by Gasteiger charge is -2.19. The van der Waals surface area contributed by atoms with Crippen LogP contribution < -0.4 is 4.74 Å². The van der Waals surface area contributed by atoms with E-state index in [-0.39, 0.29) is 28.0 Å². The van der Waals surface area contributed by atoms with Gasteiger partial charge in [-0.1, -0.05) is 74.4 Å². The number of aryl methyl sites for hydroxylation is 1. The van der Waals surface area contributed by atoms with E-state index in [9.17, 15) is 17.6 Å². The molecule has 5 aromatic rings. The molecule has 0 aliphatic heterocycles. The van der Waals surface area contributed by atoms with Gasteiger partial charge in [0.15, 0.2) is 0 Å². The molecule has 0 fully saturated rings. The van der Waals surface area contributed by atoms with E-state index in [0.29, 0.717) is 22.3 Å². The molecule has 2 nitrogen and oxygen atoms in total. The van der Waals surface area contributed by atoms with Crippen molar-refractivity contribution in [1.82, 2.24) is 0 Å². The summed E-state index contributed by atoms with van der Waals surface area (Å²) in [5, 5.41) is 8.91. The molecule has 0 radical (unpaired) electrons. The van der Waals surface area contributed by atoms with E-state index in [1.807, 2.05) is 0 Å². The largest absolute Gasteiger partial charge is 0.429 e. The summed E-state index contributed by atoms with van der Waals surface area (Å²) in [6.45, 7) is 2.10. The number of rotatable bonds is 10. The second-order valence-corrected chi connectivity index (χ2v) is 10.5. The molecule has 0 aromatic heterocycles. The minimum atomic E-state index is -3.64. The number of alkyl halides is 2. The summed E-state index contributed by atoms with van der Waals surface area (Å²) >= 11 is 0. The third-order valence-electron chi connectivity index (χ3n) is 7.44. The van der Waals surface area contributed by atoms with Crippen LogP contribution in [0.1, 0.15) is 42.9 Å². The van der Waals surface area contributed by atoms with Crippen molar-refractivity contribution < 1.29 is 26.7 Å². The zero-order valence-electron chi connectivity index (χ0n) is 23.9. The highest BCUT2D eigenvalue weighted by molar-refractivity contribution is 5.74. The molecule has 0 spiro atoms. The van der Waals surface area contributed by atoms with E-state index in [1.54, 1.807) is 48.5 Å². The molecule has 222 valence electrons. The Kier molecular flexibility index (Phi) is 9.10. The van der Waals surface area contributed by atoms with Crippen LogP contribution >= 0.6 is 0 Å². The minimum absolute atomic E-state index is 0.124. The summed E-state index contributed by atoms with van der Waals surface area (Å²) in [4.78, 5) is 0. The normalized spacial score (nSPS) is 11.3. The van der Waals surface area contributed by atoms with Crippen molar-refractivity contribution in [2.45, 2.75) is 38.7 Å². The van der Waals surface area contributed by atoms with Gasteiger partial charge in [-0.2, -0.15) is 14.0 Å². The fourth-order valence-corrected chi connectivity index (χ4v) is 4.99. The molecular formula is C37H28F5NO. The zero-order chi connectivity index (χ0) is 31.3. The van der Waals surface area contributed by atoms with Gasteiger partial charge in [-0.3, -0.25) is 0 Å². The molecule has 0 atom stereocenters. The van der Waals surface area contributed by atoms with Crippen LogP contribution in [-0.4, -0.2) is 0 Å². The highest BCUT2D eigenvalue weighted by Gasteiger charge is 2.34. The second kappa shape index (κ2) is 13.1. The molecule has 5 rings (SSSR count). The quantitative estimate of drug-likeness (QED) is 0.119. The van der Waals surface area contributed by atoms with Gasteiger partial charge in [0.2, 0.25) is 0 Å². The monoisotopic (exact) mass is 597 g/mol. The van der Waals surface area contributed by atoms with E-state index in [1.165, 1.54) is 48.5 Å². The summed E-state index contributed by atoms with van der Waals surface area (Å²) in [5.74, 6) is -2.34. The van der Waals surface area contributed by atoms with Crippen LogP contribution in [0, 0.1) is 28.8 Å². The molecule has 0 amide bonds. The third-order valence-corrected chi connectivity index (χ3v) is 7.44. The first-order valence-corrected chi connectivity index (χ1v) is 14.2. The maximum atomic E-state index is 15.1. The Morgan fingerprint density at radius 3 is 1.86 bits per heavy atom. The first kappa shape index (κ1) is 30.5. The van der Waals surface area contributed by atoms with E-state index in [2.05, 4.69) is 6.92 Å². The predicted molar refractivity (Wildman–Crippen MR) is 162 cm³/mol. The van der Waals surface area contributed by atoms with Crippen molar-refractivity contribution in [2.24, 2.45) is 0 Å². The molecule has 0 aliphatic rings. The Bertz CT molecular complexity index is 1810. The van der Waals surface area contributed by atoms with Crippen molar-refractivity contribution in [2.75, 3.05) is 0 Å². The smallest absolute Gasteiger partial charge is 0.426 e. The van der Waals surface area contributed by atoms with Crippen LogP contribution in [0.25, 0.3) is 33.4 Å². The number of nitriles is 1. The molecular weight excluding hydrogens is 569 g/mol. The van der Waals surface area contributed by atoms with Crippen molar-refractivity contribution in [1.29, 1.82) is 5.26 Å². The van der Waals surface area contributed by atoms with Gasteiger partial charge in [-0.05, 0) is 83.1 Å². The average molecular weight is 598 g/mol. The van der Waals surface area contributed by atoms with Gasteiger partial charge < -0.3 is 4.74 Å².